The monoisotopic (exact) mass is 383 g/mol. The van der Waals surface area contributed by atoms with Crippen LogP contribution in [0.5, 0.6) is 0 Å². The maximum absolute atomic E-state index is 12.2. The van der Waals surface area contributed by atoms with Crippen molar-refractivity contribution in [3.8, 4) is 0 Å². The van der Waals surface area contributed by atoms with Gasteiger partial charge < -0.3 is 16.4 Å². The Hall–Kier alpha value is -3.86. The fourth-order valence-corrected chi connectivity index (χ4v) is 3.66. The molecule has 0 aromatic heterocycles. The number of anilines is 2. The predicted octanol–water partition coefficient (Wildman–Crippen LogP) is 4.59. The van der Waals surface area contributed by atoms with E-state index in [-0.39, 0.29) is 6.03 Å². The first-order chi connectivity index (χ1) is 14.0. The maximum atomic E-state index is 12.2. The van der Waals surface area contributed by atoms with Crippen LogP contribution < -0.4 is 16.4 Å². The number of nitrogens with two attached hydrogens (primary N) is 1. The number of hydrogen-bond acceptors (Lipinski definition) is 2. The van der Waals surface area contributed by atoms with Gasteiger partial charge in [-0.15, -0.1) is 0 Å². The van der Waals surface area contributed by atoms with Gasteiger partial charge in [0.05, 0.1) is 5.57 Å². The van der Waals surface area contributed by atoms with E-state index >= 15 is 0 Å². The van der Waals surface area contributed by atoms with Crippen LogP contribution >= 0.6 is 0 Å². The summed E-state index contributed by atoms with van der Waals surface area (Å²) in [7, 11) is 0. The van der Waals surface area contributed by atoms with Gasteiger partial charge in [0.25, 0.3) is 0 Å². The summed E-state index contributed by atoms with van der Waals surface area (Å²) in [5.74, 6) is -0.426. The molecule has 5 heteroatoms. The average molecular weight is 383 g/mol. The Kier molecular flexibility index (Phi) is 4.87. The number of carbonyl (C=O) groups is 2. The van der Waals surface area contributed by atoms with Crippen LogP contribution in [0.2, 0.25) is 0 Å². The minimum Gasteiger partial charge on any atom is -0.366 e. The molecule has 0 spiro atoms. The van der Waals surface area contributed by atoms with Gasteiger partial charge in [-0.3, -0.25) is 4.79 Å². The van der Waals surface area contributed by atoms with Crippen molar-refractivity contribution in [3.63, 3.8) is 0 Å². The minimum absolute atomic E-state index is 0.311. The molecule has 0 radical (unpaired) electrons. The van der Waals surface area contributed by atoms with Crippen LogP contribution in [0.25, 0.3) is 11.1 Å². The summed E-state index contributed by atoms with van der Waals surface area (Å²) in [6.45, 7) is 1.97. The minimum atomic E-state index is -0.426. The standard InChI is InChI=1S/C24H21N3O2/c1-15-5-4-7-19(13-15)27-24(29)26-18-11-9-16(10-12-18)21-14-17-6-2-3-8-20(17)22(21)23(25)28/h2-13H,14H2,1H3,(H2,25,28)(H2,26,27,29). The number of hydrogen-bond donors (Lipinski definition) is 3. The first-order valence-electron chi connectivity index (χ1n) is 9.37. The van der Waals surface area contributed by atoms with Crippen molar-refractivity contribution in [1.29, 1.82) is 0 Å². The summed E-state index contributed by atoms with van der Waals surface area (Å²) in [6.07, 6.45) is 0.662. The zero-order chi connectivity index (χ0) is 20.4. The third-order valence-electron chi connectivity index (χ3n) is 4.97. The van der Waals surface area contributed by atoms with E-state index in [0.717, 1.165) is 33.5 Å². The molecule has 0 bridgehead atoms. The van der Waals surface area contributed by atoms with Crippen molar-refractivity contribution in [3.05, 3.63) is 95.1 Å². The number of benzene rings is 3. The van der Waals surface area contributed by atoms with Crippen molar-refractivity contribution < 1.29 is 9.59 Å². The fraction of sp³-hybridized carbons (Fsp3) is 0.0833. The highest BCUT2D eigenvalue weighted by atomic mass is 16.2. The summed E-state index contributed by atoms with van der Waals surface area (Å²) in [4.78, 5) is 24.3. The molecule has 5 nitrogen and oxygen atoms in total. The van der Waals surface area contributed by atoms with E-state index in [1.165, 1.54) is 0 Å². The van der Waals surface area contributed by atoms with Gasteiger partial charge in [-0.1, -0.05) is 48.5 Å². The first kappa shape index (κ1) is 18.5. The second-order valence-corrected chi connectivity index (χ2v) is 7.08. The van der Waals surface area contributed by atoms with Gasteiger partial charge in [-0.25, -0.2) is 4.79 Å². The van der Waals surface area contributed by atoms with Crippen LogP contribution in [-0.2, 0) is 11.2 Å². The summed E-state index contributed by atoms with van der Waals surface area (Å²) < 4.78 is 0. The molecule has 0 aliphatic heterocycles. The lowest BCUT2D eigenvalue weighted by molar-refractivity contribution is -0.112. The third-order valence-corrected chi connectivity index (χ3v) is 4.97. The third kappa shape index (κ3) is 3.89. The molecule has 3 aromatic rings. The molecule has 4 N–H and O–H groups in total. The number of fused-ring (bicyclic) bond motifs is 1. The number of amides is 3. The maximum Gasteiger partial charge on any atom is 0.323 e. The van der Waals surface area contributed by atoms with E-state index in [1.807, 2.05) is 79.7 Å². The van der Waals surface area contributed by atoms with Crippen LogP contribution in [0.3, 0.4) is 0 Å². The van der Waals surface area contributed by atoms with Crippen molar-refractivity contribution >= 4 is 34.5 Å². The van der Waals surface area contributed by atoms with Crippen molar-refractivity contribution in [1.82, 2.24) is 0 Å². The molecule has 3 aromatic carbocycles. The Balaban J connectivity index is 1.51. The Bertz CT molecular complexity index is 1130. The van der Waals surface area contributed by atoms with E-state index < -0.39 is 5.91 Å². The van der Waals surface area contributed by atoms with E-state index in [0.29, 0.717) is 17.7 Å². The number of primary amides is 1. The second-order valence-electron chi connectivity index (χ2n) is 7.08. The molecule has 0 saturated heterocycles. The molecule has 0 heterocycles. The zero-order valence-corrected chi connectivity index (χ0v) is 16.0. The number of urea groups is 1. The summed E-state index contributed by atoms with van der Waals surface area (Å²) >= 11 is 0. The number of rotatable bonds is 4. The number of nitrogens with one attached hydrogen (secondary N) is 2. The highest BCUT2D eigenvalue weighted by Gasteiger charge is 2.25. The van der Waals surface area contributed by atoms with Crippen LogP contribution in [0.15, 0.2) is 72.8 Å². The molecule has 144 valence electrons. The molecule has 0 atom stereocenters. The Morgan fingerprint density at radius 2 is 1.59 bits per heavy atom. The van der Waals surface area contributed by atoms with E-state index in [2.05, 4.69) is 10.6 Å². The van der Waals surface area contributed by atoms with E-state index in [4.69, 9.17) is 5.73 Å². The number of carbonyl (C=O) groups excluding carboxylic acids is 2. The van der Waals surface area contributed by atoms with Crippen molar-refractivity contribution in [2.45, 2.75) is 13.3 Å². The van der Waals surface area contributed by atoms with Gasteiger partial charge in [-0.05, 0) is 65.4 Å². The topological polar surface area (TPSA) is 84.2 Å². The lowest BCUT2D eigenvalue weighted by Crippen LogP contribution is -2.19. The zero-order valence-electron chi connectivity index (χ0n) is 16.0. The molecular weight excluding hydrogens is 362 g/mol. The van der Waals surface area contributed by atoms with Gasteiger partial charge in [-0.2, -0.15) is 0 Å². The van der Waals surface area contributed by atoms with Crippen molar-refractivity contribution in [2.75, 3.05) is 10.6 Å². The molecule has 0 fully saturated rings. The lowest BCUT2D eigenvalue weighted by Gasteiger charge is -2.10. The molecule has 0 unspecified atom stereocenters. The quantitative estimate of drug-likeness (QED) is 0.615. The molecule has 3 amide bonds. The number of allylic oxidation sites excluding steroid dienone is 1. The fourth-order valence-electron chi connectivity index (χ4n) is 3.66. The molecule has 0 saturated carbocycles. The first-order valence-corrected chi connectivity index (χ1v) is 9.37. The van der Waals surface area contributed by atoms with Gasteiger partial charge in [0, 0.05) is 11.4 Å². The van der Waals surface area contributed by atoms with Gasteiger partial charge in [0.15, 0.2) is 0 Å². The predicted molar refractivity (Wildman–Crippen MR) is 116 cm³/mol. The Labute approximate surface area is 169 Å². The summed E-state index contributed by atoms with van der Waals surface area (Å²) in [5, 5.41) is 5.64. The smallest absolute Gasteiger partial charge is 0.323 e. The molecule has 1 aliphatic rings. The SMILES string of the molecule is Cc1cccc(NC(=O)Nc2ccc(C3=C(C(N)=O)c4ccccc4C3)cc2)c1. The molecular formula is C24H21N3O2. The lowest BCUT2D eigenvalue weighted by atomic mass is 9.99. The molecule has 1 aliphatic carbocycles. The molecule has 4 rings (SSSR count). The van der Waals surface area contributed by atoms with E-state index in [9.17, 15) is 9.59 Å². The number of aryl methyl sites for hydroxylation is 1. The van der Waals surface area contributed by atoms with Crippen LogP contribution in [0.4, 0.5) is 16.2 Å². The van der Waals surface area contributed by atoms with Crippen LogP contribution in [0, 0.1) is 6.92 Å². The Morgan fingerprint density at radius 3 is 2.31 bits per heavy atom. The van der Waals surface area contributed by atoms with Crippen molar-refractivity contribution in [2.24, 2.45) is 5.73 Å². The van der Waals surface area contributed by atoms with E-state index in [1.54, 1.807) is 0 Å². The average Bonchev–Trinajstić information content (AvgIpc) is 3.08. The largest absolute Gasteiger partial charge is 0.366 e. The van der Waals surface area contributed by atoms with Crippen LogP contribution in [0.1, 0.15) is 22.3 Å². The van der Waals surface area contributed by atoms with Gasteiger partial charge in [0.2, 0.25) is 5.91 Å². The molecule has 29 heavy (non-hydrogen) atoms. The van der Waals surface area contributed by atoms with Crippen LogP contribution in [-0.4, -0.2) is 11.9 Å². The summed E-state index contributed by atoms with van der Waals surface area (Å²) in [5.41, 5.74) is 12.5. The Morgan fingerprint density at radius 1 is 0.862 bits per heavy atom. The highest BCUT2D eigenvalue weighted by Crippen LogP contribution is 2.38. The van der Waals surface area contributed by atoms with Gasteiger partial charge in [0.1, 0.15) is 0 Å². The highest BCUT2D eigenvalue weighted by molar-refractivity contribution is 6.28. The van der Waals surface area contributed by atoms with Gasteiger partial charge >= 0.3 is 6.03 Å². The summed E-state index contributed by atoms with van der Waals surface area (Å²) in [6, 6.07) is 22.5. The normalized spacial score (nSPS) is 12.4. The second kappa shape index (κ2) is 7.64.